The molecule has 0 saturated heterocycles. The summed E-state index contributed by atoms with van der Waals surface area (Å²) in [7, 11) is 2.47. The van der Waals surface area contributed by atoms with Crippen molar-refractivity contribution in [3.63, 3.8) is 0 Å². The lowest BCUT2D eigenvalue weighted by Crippen LogP contribution is -2.28. The van der Waals surface area contributed by atoms with Gasteiger partial charge in [0.15, 0.2) is 12.0 Å². The summed E-state index contributed by atoms with van der Waals surface area (Å²) in [6.07, 6.45) is 0.0363. The van der Waals surface area contributed by atoms with E-state index in [0.29, 0.717) is 30.1 Å². The predicted octanol–water partition coefficient (Wildman–Crippen LogP) is 3.38. The summed E-state index contributed by atoms with van der Waals surface area (Å²) in [6, 6.07) is 7.69. The van der Waals surface area contributed by atoms with Crippen molar-refractivity contribution < 1.29 is 43.2 Å². The van der Waals surface area contributed by atoms with Gasteiger partial charge < -0.3 is 29.4 Å². The van der Waals surface area contributed by atoms with Gasteiger partial charge in [0.25, 0.3) is 5.91 Å². The Labute approximate surface area is 215 Å². The van der Waals surface area contributed by atoms with E-state index in [4.69, 9.17) is 24.1 Å². The number of ether oxygens (including phenoxy) is 4. The SMILES string of the molecule is CO.COc1ccc(C=O)c(-c2ccc(C(=O)NCC3CC3)nc2C(=O)OC(C)OC(=O)OC(C)C)c1. The maximum absolute atomic E-state index is 13.1. The number of aliphatic hydroxyl groups is 1. The molecule has 0 aliphatic heterocycles. The number of pyridine rings is 1. The molecule has 1 amide bonds. The molecule has 1 aromatic heterocycles. The Kier molecular flexibility index (Phi) is 11.0. The molecule has 3 rings (SSSR count). The summed E-state index contributed by atoms with van der Waals surface area (Å²) in [5, 5.41) is 9.80. The molecule has 1 heterocycles. The number of carbonyl (C=O) groups excluding carboxylic acids is 4. The topological polar surface area (TPSA) is 150 Å². The van der Waals surface area contributed by atoms with Crippen LogP contribution < -0.4 is 10.1 Å². The Hall–Kier alpha value is -3.99. The number of rotatable bonds is 10. The van der Waals surface area contributed by atoms with Crippen molar-refractivity contribution in [2.45, 2.75) is 46.0 Å². The van der Waals surface area contributed by atoms with Crippen LogP contribution >= 0.6 is 0 Å². The molecule has 0 bridgehead atoms. The minimum atomic E-state index is -1.30. The van der Waals surface area contributed by atoms with Gasteiger partial charge in [0.05, 0.1) is 13.2 Å². The van der Waals surface area contributed by atoms with Gasteiger partial charge in [-0.25, -0.2) is 14.6 Å². The molecule has 1 aliphatic carbocycles. The summed E-state index contributed by atoms with van der Waals surface area (Å²) in [5.74, 6) is -0.493. The number of methoxy groups -OCH3 is 1. The van der Waals surface area contributed by atoms with E-state index >= 15 is 0 Å². The quantitative estimate of drug-likeness (QED) is 0.273. The maximum atomic E-state index is 13.1. The molecule has 11 nitrogen and oxygen atoms in total. The average Bonchev–Trinajstić information content (AvgIpc) is 3.71. The van der Waals surface area contributed by atoms with E-state index in [1.165, 1.54) is 26.2 Å². The number of benzene rings is 1. The Balaban J connectivity index is 0.00000235. The van der Waals surface area contributed by atoms with E-state index in [9.17, 15) is 19.2 Å². The maximum Gasteiger partial charge on any atom is 0.511 e. The molecule has 1 atom stereocenters. The van der Waals surface area contributed by atoms with Gasteiger partial charge in [-0.05, 0) is 68.5 Å². The second-order valence-corrected chi connectivity index (χ2v) is 8.32. The fourth-order valence-corrected chi connectivity index (χ4v) is 3.19. The monoisotopic (exact) mass is 516 g/mol. The molecule has 200 valence electrons. The second kappa shape index (κ2) is 13.9. The lowest BCUT2D eigenvalue weighted by Gasteiger charge is -2.17. The van der Waals surface area contributed by atoms with Crippen molar-refractivity contribution >= 4 is 24.3 Å². The van der Waals surface area contributed by atoms with Crippen molar-refractivity contribution in [3.05, 3.63) is 47.3 Å². The fraction of sp³-hybridized carbons (Fsp3) is 0.423. The van der Waals surface area contributed by atoms with Gasteiger partial charge in [-0.1, -0.05) is 0 Å². The Morgan fingerprint density at radius 3 is 2.35 bits per heavy atom. The van der Waals surface area contributed by atoms with E-state index in [1.807, 2.05) is 0 Å². The first-order valence-electron chi connectivity index (χ1n) is 11.7. The van der Waals surface area contributed by atoms with Gasteiger partial charge >= 0.3 is 12.1 Å². The molecule has 1 saturated carbocycles. The van der Waals surface area contributed by atoms with E-state index < -0.39 is 30.4 Å². The minimum Gasteiger partial charge on any atom is -0.497 e. The van der Waals surface area contributed by atoms with Crippen LogP contribution in [0.25, 0.3) is 11.1 Å². The van der Waals surface area contributed by atoms with Gasteiger partial charge in [-0.3, -0.25) is 9.59 Å². The summed E-state index contributed by atoms with van der Waals surface area (Å²) < 4.78 is 20.3. The van der Waals surface area contributed by atoms with Crippen LogP contribution in [0.15, 0.2) is 30.3 Å². The molecule has 1 unspecified atom stereocenters. The van der Waals surface area contributed by atoms with Crippen LogP contribution in [-0.2, 0) is 14.2 Å². The highest BCUT2D eigenvalue weighted by Gasteiger charge is 2.26. The van der Waals surface area contributed by atoms with Crippen LogP contribution in [0.5, 0.6) is 5.75 Å². The predicted molar refractivity (Wildman–Crippen MR) is 132 cm³/mol. The summed E-state index contributed by atoms with van der Waals surface area (Å²) >= 11 is 0. The number of esters is 1. The molecule has 2 N–H and O–H groups in total. The van der Waals surface area contributed by atoms with Crippen molar-refractivity contribution in [1.29, 1.82) is 0 Å². The first kappa shape index (κ1) is 29.2. The zero-order chi connectivity index (χ0) is 27.5. The third-order valence-corrected chi connectivity index (χ3v) is 5.11. The van der Waals surface area contributed by atoms with Gasteiger partial charge in [0, 0.05) is 31.7 Å². The van der Waals surface area contributed by atoms with Crippen molar-refractivity contribution in [2.75, 3.05) is 20.8 Å². The molecule has 37 heavy (non-hydrogen) atoms. The number of aromatic nitrogens is 1. The number of hydrogen-bond acceptors (Lipinski definition) is 10. The van der Waals surface area contributed by atoms with Crippen LogP contribution in [0.3, 0.4) is 0 Å². The van der Waals surface area contributed by atoms with Gasteiger partial charge in [-0.2, -0.15) is 0 Å². The number of carbonyl (C=O) groups is 4. The molecule has 11 heteroatoms. The number of nitrogens with zero attached hydrogens (tertiary/aromatic N) is 1. The van der Waals surface area contributed by atoms with Crippen LogP contribution in [0.2, 0.25) is 0 Å². The molecular formula is C26H32N2O9. The molecular weight excluding hydrogens is 484 g/mol. The Bertz CT molecular complexity index is 1110. The molecule has 1 fully saturated rings. The van der Waals surface area contributed by atoms with Crippen LogP contribution in [0.4, 0.5) is 4.79 Å². The molecule has 1 aliphatic rings. The molecule has 1 aromatic carbocycles. The number of nitrogens with one attached hydrogen (secondary N) is 1. The fourth-order valence-electron chi connectivity index (χ4n) is 3.19. The van der Waals surface area contributed by atoms with E-state index in [0.717, 1.165) is 20.0 Å². The zero-order valence-electron chi connectivity index (χ0n) is 21.5. The summed E-state index contributed by atoms with van der Waals surface area (Å²) in [6.45, 7) is 5.16. The smallest absolute Gasteiger partial charge is 0.497 e. The minimum absolute atomic E-state index is 0.00434. The number of amides is 1. The molecule has 2 aromatic rings. The van der Waals surface area contributed by atoms with Crippen LogP contribution in [0, 0.1) is 5.92 Å². The highest BCUT2D eigenvalue weighted by molar-refractivity contribution is 6.01. The standard InChI is InChI=1S/C25H28N2O8.CH4O/c1-14(2)33-25(31)35-15(3)34-24(30)22-19(20-11-18(32-4)8-7-17(20)13-28)9-10-21(27-22)23(29)26-12-16-5-6-16;1-2/h7-11,13-16H,5-6,12H2,1-4H3,(H,26,29);2H,1H3. The second-order valence-electron chi connectivity index (χ2n) is 8.32. The third kappa shape index (κ3) is 8.57. The first-order valence-corrected chi connectivity index (χ1v) is 11.7. The Morgan fingerprint density at radius 1 is 1.05 bits per heavy atom. The van der Waals surface area contributed by atoms with E-state index in [2.05, 4.69) is 10.3 Å². The normalized spacial score (nSPS) is 12.9. The highest BCUT2D eigenvalue weighted by Crippen LogP contribution is 2.31. The van der Waals surface area contributed by atoms with E-state index in [-0.39, 0.29) is 22.5 Å². The third-order valence-electron chi connectivity index (χ3n) is 5.11. The summed E-state index contributed by atoms with van der Waals surface area (Å²) in [5.41, 5.74) is 0.651. The average molecular weight is 517 g/mol. The highest BCUT2D eigenvalue weighted by atomic mass is 16.8. The first-order chi connectivity index (χ1) is 17.7. The lowest BCUT2D eigenvalue weighted by atomic mass is 9.98. The van der Waals surface area contributed by atoms with Gasteiger partial charge in [0.1, 0.15) is 11.4 Å². The van der Waals surface area contributed by atoms with Gasteiger partial charge in [-0.15, -0.1) is 0 Å². The van der Waals surface area contributed by atoms with Crippen molar-refractivity contribution in [3.8, 4) is 16.9 Å². The molecule has 0 radical (unpaired) electrons. The van der Waals surface area contributed by atoms with Crippen molar-refractivity contribution in [2.24, 2.45) is 5.92 Å². The summed E-state index contributed by atoms with van der Waals surface area (Å²) in [4.78, 5) is 53.4. The largest absolute Gasteiger partial charge is 0.511 e. The van der Waals surface area contributed by atoms with E-state index in [1.54, 1.807) is 32.0 Å². The van der Waals surface area contributed by atoms with Crippen LogP contribution in [0.1, 0.15) is 64.9 Å². The Morgan fingerprint density at radius 2 is 1.76 bits per heavy atom. The van der Waals surface area contributed by atoms with Crippen LogP contribution in [-0.4, -0.2) is 67.6 Å². The number of hydrogen-bond donors (Lipinski definition) is 2. The number of aliphatic hydroxyl groups excluding tert-OH is 1. The molecule has 0 spiro atoms. The van der Waals surface area contributed by atoms with Crippen molar-refractivity contribution in [1.82, 2.24) is 10.3 Å². The lowest BCUT2D eigenvalue weighted by molar-refractivity contribution is -0.0868. The van der Waals surface area contributed by atoms with Gasteiger partial charge in [0.2, 0.25) is 6.29 Å². The zero-order valence-corrected chi connectivity index (χ0v) is 21.5. The number of aldehydes is 1.